The molecule has 0 spiro atoms. The van der Waals surface area contributed by atoms with Crippen LogP contribution in [0, 0.1) is 5.41 Å². The Morgan fingerprint density at radius 3 is 2.94 bits per heavy atom. The van der Waals surface area contributed by atoms with Crippen LogP contribution in [0.3, 0.4) is 0 Å². The molecule has 2 atom stereocenters. The first-order valence-electron chi connectivity index (χ1n) is 6.83. The zero-order chi connectivity index (χ0) is 12.6. The van der Waals surface area contributed by atoms with Crippen LogP contribution in [-0.2, 0) is 14.3 Å². The molecule has 1 aliphatic carbocycles. The molecule has 2 aliphatic heterocycles. The molecule has 0 radical (unpaired) electrons. The molecular formula is C13H20FNO3. The number of hydrogen-bond acceptors (Lipinski definition) is 3. The zero-order valence-electron chi connectivity index (χ0n) is 10.6. The molecule has 2 saturated heterocycles. The van der Waals surface area contributed by atoms with Gasteiger partial charge in [-0.15, -0.1) is 0 Å². The van der Waals surface area contributed by atoms with Gasteiger partial charge in [0.15, 0.2) is 0 Å². The maximum Gasteiger partial charge on any atom is 0.229 e. The highest BCUT2D eigenvalue weighted by Gasteiger charge is 2.53. The van der Waals surface area contributed by atoms with Crippen molar-refractivity contribution in [1.82, 2.24) is 4.90 Å². The average Bonchev–Trinajstić information content (AvgIpc) is 3.19. The van der Waals surface area contributed by atoms with Gasteiger partial charge in [0, 0.05) is 13.2 Å². The van der Waals surface area contributed by atoms with Crippen LogP contribution < -0.4 is 0 Å². The number of amides is 1. The van der Waals surface area contributed by atoms with Crippen molar-refractivity contribution < 1.29 is 18.7 Å². The van der Waals surface area contributed by atoms with Gasteiger partial charge in [0.2, 0.25) is 5.91 Å². The molecule has 0 unspecified atom stereocenters. The monoisotopic (exact) mass is 257 g/mol. The second-order valence-electron chi connectivity index (χ2n) is 5.56. The van der Waals surface area contributed by atoms with Gasteiger partial charge in [0.05, 0.1) is 31.3 Å². The lowest BCUT2D eigenvalue weighted by molar-refractivity contribution is -0.166. The lowest BCUT2D eigenvalue weighted by Crippen LogP contribution is -2.58. The predicted octanol–water partition coefficient (Wildman–Crippen LogP) is 1.14. The van der Waals surface area contributed by atoms with Crippen LogP contribution in [-0.4, -0.2) is 56.0 Å². The van der Waals surface area contributed by atoms with Crippen LogP contribution in [0.15, 0.2) is 0 Å². The largest absolute Gasteiger partial charge is 0.379 e. The van der Waals surface area contributed by atoms with E-state index in [1.165, 1.54) is 0 Å². The molecule has 3 fully saturated rings. The second-order valence-corrected chi connectivity index (χ2v) is 5.56. The molecule has 5 heteroatoms. The SMILES string of the molecule is O=C(N1CCO[C@@H]2COCC[C@@H]21)C1(CCF)CC1. The Morgan fingerprint density at radius 2 is 2.22 bits per heavy atom. The fourth-order valence-electron chi connectivity index (χ4n) is 3.14. The van der Waals surface area contributed by atoms with Crippen LogP contribution in [0.4, 0.5) is 4.39 Å². The van der Waals surface area contributed by atoms with Crippen molar-refractivity contribution in [3.05, 3.63) is 0 Å². The number of halogens is 1. The zero-order valence-corrected chi connectivity index (χ0v) is 10.6. The van der Waals surface area contributed by atoms with E-state index in [4.69, 9.17) is 9.47 Å². The van der Waals surface area contributed by atoms with Crippen molar-refractivity contribution in [2.75, 3.05) is 33.0 Å². The number of ether oxygens (including phenoxy) is 2. The Hall–Kier alpha value is -0.680. The minimum atomic E-state index is -0.396. The van der Waals surface area contributed by atoms with Crippen molar-refractivity contribution >= 4 is 5.91 Å². The molecule has 0 aromatic rings. The standard InChI is InChI=1S/C13H20FNO3/c14-5-4-13(2-3-13)12(16)15-6-8-18-11-9-17-7-1-10(11)15/h10-11H,1-9H2/t10-,11+/m0/s1. The second kappa shape index (κ2) is 4.78. The van der Waals surface area contributed by atoms with Gasteiger partial charge in [-0.25, -0.2) is 0 Å². The van der Waals surface area contributed by atoms with Gasteiger partial charge in [-0.1, -0.05) is 0 Å². The maximum absolute atomic E-state index is 12.6. The van der Waals surface area contributed by atoms with E-state index in [1.807, 2.05) is 4.90 Å². The highest BCUT2D eigenvalue weighted by atomic mass is 19.1. The van der Waals surface area contributed by atoms with Crippen LogP contribution in [0.25, 0.3) is 0 Å². The van der Waals surface area contributed by atoms with Crippen molar-refractivity contribution in [2.24, 2.45) is 5.41 Å². The summed E-state index contributed by atoms with van der Waals surface area (Å²) in [7, 11) is 0. The molecule has 0 aromatic carbocycles. The lowest BCUT2D eigenvalue weighted by Gasteiger charge is -2.44. The molecule has 2 heterocycles. The molecule has 102 valence electrons. The van der Waals surface area contributed by atoms with Crippen molar-refractivity contribution in [3.8, 4) is 0 Å². The van der Waals surface area contributed by atoms with E-state index in [9.17, 15) is 9.18 Å². The predicted molar refractivity (Wildman–Crippen MR) is 62.9 cm³/mol. The summed E-state index contributed by atoms with van der Waals surface area (Å²) in [6.07, 6.45) is 2.93. The Morgan fingerprint density at radius 1 is 1.39 bits per heavy atom. The Kier molecular flexibility index (Phi) is 3.28. The van der Waals surface area contributed by atoms with Crippen LogP contribution in [0.2, 0.25) is 0 Å². The van der Waals surface area contributed by atoms with Gasteiger partial charge in [0.25, 0.3) is 0 Å². The number of nitrogens with zero attached hydrogens (tertiary/aromatic N) is 1. The molecule has 0 aromatic heterocycles. The fourth-order valence-corrected chi connectivity index (χ4v) is 3.14. The van der Waals surface area contributed by atoms with Gasteiger partial charge in [-0.2, -0.15) is 0 Å². The lowest BCUT2D eigenvalue weighted by atomic mass is 9.96. The topological polar surface area (TPSA) is 38.8 Å². The summed E-state index contributed by atoms with van der Waals surface area (Å²) in [5.41, 5.74) is -0.380. The third kappa shape index (κ3) is 2.03. The van der Waals surface area contributed by atoms with Gasteiger partial charge in [0.1, 0.15) is 6.10 Å². The molecule has 3 rings (SSSR count). The van der Waals surface area contributed by atoms with E-state index in [0.29, 0.717) is 32.8 Å². The summed E-state index contributed by atoms with van der Waals surface area (Å²) < 4.78 is 23.6. The minimum Gasteiger partial charge on any atom is -0.379 e. The summed E-state index contributed by atoms with van der Waals surface area (Å²) >= 11 is 0. The minimum absolute atomic E-state index is 0.0117. The van der Waals surface area contributed by atoms with Gasteiger partial charge in [-0.05, 0) is 25.7 Å². The van der Waals surface area contributed by atoms with E-state index < -0.39 is 6.67 Å². The molecular weight excluding hydrogens is 237 g/mol. The van der Waals surface area contributed by atoms with Crippen molar-refractivity contribution in [3.63, 3.8) is 0 Å². The van der Waals surface area contributed by atoms with E-state index >= 15 is 0 Å². The summed E-state index contributed by atoms with van der Waals surface area (Å²) in [6, 6.07) is 0.136. The molecule has 18 heavy (non-hydrogen) atoms. The number of hydrogen-bond donors (Lipinski definition) is 0. The van der Waals surface area contributed by atoms with Gasteiger partial charge >= 0.3 is 0 Å². The third-order valence-corrected chi connectivity index (χ3v) is 4.47. The Labute approximate surface area is 106 Å². The van der Waals surface area contributed by atoms with E-state index in [2.05, 4.69) is 0 Å². The van der Waals surface area contributed by atoms with E-state index in [0.717, 1.165) is 19.3 Å². The molecule has 3 aliphatic rings. The van der Waals surface area contributed by atoms with Crippen LogP contribution >= 0.6 is 0 Å². The number of fused-ring (bicyclic) bond motifs is 1. The van der Waals surface area contributed by atoms with Gasteiger partial charge in [-0.3, -0.25) is 9.18 Å². The van der Waals surface area contributed by atoms with Gasteiger partial charge < -0.3 is 14.4 Å². The number of rotatable bonds is 3. The highest BCUT2D eigenvalue weighted by Crippen LogP contribution is 2.51. The maximum atomic E-state index is 12.6. The first-order valence-corrected chi connectivity index (χ1v) is 6.83. The third-order valence-electron chi connectivity index (χ3n) is 4.47. The van der Waals surface area contributed by atoms with Crippen molar-refractivity contribution in [2.45, 2.75) is 37.8 Å². The molecule has 1 saturated carbocycles. The summed E-state index contributed by atoms with van der Waals surface area (Å²) in [5, 5.41) is 0. The molecule has 0 N–H and O–H groups in total. The number of morpholine rings is 1. The molecule has 1 amide bonds. The summed E-state index contributed by atoms with van der Waals surface area (Å²) in [4.78, 5) is 14.5. The van der Waals surface area contributed by atoms with Crippen LogP contribution in [0.1, 0.15) is 25.7 Å². The number of carbonyl (C=O) groups excluding carboxylic acids is 1. The molecule has 0 bridgehead atoms. The van der Waals surface area contributed by atoms with Crippen molar-refractivity contribution in [1.29, 1.82) is 0 Å². The number of carbonyl (C=O) groups is 1. The first-order chi connectivity index (χ1) is 8.77. The quantitative estimate of drug-likeness (QED) is 0.761. The summed E-state index contributed by atoms with van der Waals surface area (Å²) in [5.74, 6) is 0.153. The number of alkyl halides is 1. The Bertz CT molecular complexity index is 330. The normalized spacial score (nSPS) is 33.9. The first kappa shape index (κ1) is 12.4. The van der Waals surface area contributed by atoms with E-state index in [1.54, 1.807) is 0 Å². The van der Waals surface area contributed by atoms with Crippen LogP contribution in [0.5, 0.6) is 0 Å². The average molecular weight is 257 g/mol. The summed E-state index contributed by atoms with van der Waals surface area (Å²) in [6.45, 7) is 2.08. The fraction of sp³-hybridized carbons (Fsp3) is 0.923. The Balaban J connectivity index is 1.72. The van der Waals surface area contributed by atoms with E-state index in [-0.39, 0.29) is 23.5 Å². The molecule has 4 nitrogen and oxygen atoms in total. The highest BCUT2D eigenvalue weighted by molar-refractivity contribution is 5.85. The smallest absolute Gasteiger partial charge is 0.229 e.